The first-order chi connectivity index (χ1) is 10.3. The van der Waals surface area contributed by atoms with E-state index in [2.05, 4.69) is 4.74 Å². The molecule has 0 bridgehead atoms. The van der Waals surface area contributed by atoms with Crippen LogP contribution in [0.25, 0.3) is 11.1 Å². The first-order valence-corrected chi connectivity index (χ1v) is 6.12. The van der Waals surface area contributed by atoms with Crippen molar-refractivity contribution in [2.24, 2.45) is 0 Å². The van der Waals surface area contributed by atoms with Crippen LogP contribution in [-0.4, -0.2) is 13.5 Å². The third-order valence-corrected chi connectivity index (χ3v) is 2.89. The molecule has 0 atom stereocenters. The Morgan fingerprint density at radius 2 is 1.50 bits per heavy atom. The summed E-state index contributed by atoms with van der Waals surface area (Å²) >= 11 is 0. The number of hydrogen-bond donors (Lipinski definition) is 0. The van der Waals surface area contributed by atoms with E-state index < -0.39 is 12.8 Å². The fraction of sp³-hybridized carbons (Fsp3) is 0.200. The van der Waals surface area contributed by atoms with Crippen LogP contribution in [0.3, 0.4) is 0 Å². The minimum absolute atomic E-state index is 0.0168. The van der Waals surface area contributed by atoms with Crippen molar-refractivity contribution >= 4 is 0 Å². The second kappa shape index (κ2) is 6.21. The number of methoxy groups -OCH3 is 1. The highest BCUT2D eigenvalue weighted by Gasteiger charge is 2.30. The maximum Gasteiger partial charge on any atom is 0.573 e. The van der Waals surface area contributed by atoms with Gasteiger partial charge in [-0.1, -0.05) is 18.2 Å². The monoisotopic (exact) mass is 318 g/mol. The number of ether oxygens (including phenoxy) is 2. The quantitative estimate of drug-likeness (QED) is 0.722. The molecule has 2 nitrogen and oxygen atoms in total. The number of alkyl halides is 5. The van der Waals surface area contributed by atoms with Crippen molar-refractivity contribution in [3.05, 3.63) is 48.0 Å². The molecule has 2 aromatic carbocycles. The summed E-state index contributed by atoms with van der Waals surface area (Å²) in [6, 6.07) is 9.17. The summed E-state index contributed by atoms with van der Waals surface area (Å²) in [5, 5.41) is 0. The Kier molecular flexibility index (Phi) is 4.54. The summed E-state index contributed by atoms with van der Waals surface area (Å²) in [6.07, 6.45) is -7.43. The molecule has 0 amide bonds. The molecule has 2 aromatic rings. The maximum atomic E-state index is 12.8. The van der Waals surface area contributed by atoms with Gasteiger partial charge >= 0.3 is 6.36 Å². The van der Waals surface area contributed by atoms with Gasteiger partial charge in [-0.2, -0.15) is 0 Å². The molecular formula is C15H11F5O2. The maximum absolute atomic E-state index is 12.8. The molecule has 7 heteroatoms. The zero-order valence-corrected chi connectivity index (χ0v) is 11.3. The lowest BCUT2D eigenvalue weighted by atomic mass is 10.0. The van der Waals surface area contributed by atoms with Gasteiger partial charge in [0.1, 0.15) is 11.5 Å². The highest BCUT2D eigenvalue weighted by atomic mass is 19.4. The molecular weight excluding hydrogens is 307 g/mol. The second-order valence-corrected chi connectivity index (χ2v) is 4.33. The van der Waals surface area contributed by atoms with Crippen LogP contribution in [-0.2, 0) is 0 Å². The van der Waals surface area contributed by atoms with Gasteiger partial charge in [0, 0.05) is 0 Å². The summed E-state index contributed by atoms with van der Waals surface area (Å²) in [5.41, 5.74) is 0.844. The highest BCUT2D eigenvalue weighted by molar-refractivity contribution is 5.67. The molecule has 0 heterocycles. The minimum atomic E-state index is -4.76. The van der Waals surface area contributed by atoms with Crippen molar-refractivity contribution in [1.29, 1.82) is 0 Å². The van der Waals surface area contributed by atoms with Gasteiger partial charge in [-0.05, 0) is 35.4 Å². The van der Waals surface area contributed by atoms with E-state index in [-0.39, 0.29) is 17.1 Å². The summed E-state index contributed by atoms with van der Waals surface area (Å²) in [4.78, 5) is 0. The summed E-state index contributed by atoms with van der Waals surface area (Å²) in [6.45, 7) is 0. The predicted octanol–water partition coefficient (Wildman–Crippen LogP) is 5.20. The molecule has 0 aromatic heterocycles. The second-order valence-electron chi connectivity index (χ2n) is 4.33. The van der Waals surface area contributed by atoms with Gasteiger partial charge in [-0.25, -0.2) is 8.78 Å². The average Bonchev–Trinajstić information content (AvgIpc) is 2.45. The fourth-order valence-electron chi connectivity index (χ4n) is 1.92. The lowest BCUT2D eigenvalue weighted by Crippen LogP contribution is -2.16. The van der Waals surface area contributed by atoms with Crippen LogP contribution in [0, 0.1) is 0 Å². The number of benzene rings is 2. The van der Waals surface area contributed by atoms with Crippen molar-refractivity contribution in [3.63, 3.8) is 0 Å². The van der Waals surface area contributed by atoms with Gasteiger partial charge < -0.3 is 9.47 Å². The molecule has 0 radical (unpaired) electrons. The summed E-state index contributed by atoms with van der Waals surface area (Å²) in [5.74, 6) is -0.337. The van der Waals surface area contributed by atoms with Gasteiger partial charge in [0.2, 0.25) is 0 Å². The van der Waals surface area contributed by atoms with Gasteiger partial charge in [0.15, 0.2) is 0 Å². The Morgan fingerprint density at radius 1 is 0.909 bits per heavy atom. The van der Waals surface area contributed by atoms with E-state index in [9.17, 15) is 22.0 Å². The lowest BCUT2D eigenvalue weighted by Gasteiger charge is -2.11. The zero-order chi connectivity index (χ0) is 16.3. The Balaban J connectivity index is 2.28. The Bertz CT molecular complexity index is 635. The standard InChI is InChI=1S/C15H11F5O2/c1-21-13-8-10(4-7-12(13)14(16)17)9-2-5-11(6-3-9)22-15(18,19)20/h2-8,14H,1H3. The Morgan fingerprint density at radius 3 is 2.00 bits per heavy atom. The zero-order valence-electron chi connectivity index (χ0n) is 11.3. The molecule has 0 saturated heterocycles. The summed E-state index contributed by atoms with van der Waals surface area (Å²) in [7, 11) is 1.27. The molecule has 0 aliphatic rings. The molecule has 118 valence electrons. The third-order valence-electron chi connectivity index (χ3n) is 2.89. The lowest BCUT2D eigenvalue weighted by molar-refractivity contribution is -0.274. The van der Waals surface area contributed by atoms with Gasteiger partial charge in [-0.15, -0.1) is 13.2 Å². The molecule has 0 aliphatic heterocycles. The molecule has 22 heavy (non-hydrogen) atoms. The van der Waals surface area contributed by atoms with E-state index in [4.69, 9.17) is 4.74 Å². The minimum Gasteiger partial charge on any atom is -0.496 e. The van der Waals surface area contributed by atoms with Crippen LogP contribution in [0.1, 0.15) is 12.0 Å². The van der Waals surface area contributed by atoms with Crippen LogP contribution < -0.4 is 9.47 Å². The molecule has 0 aliphatic carbocycles. The Labute approximate surface area is 123 Å². The van der Waals surface area contributed by atoms with Gasteiger partial charge in [0.25, 0.3) is 6.43 Å². The van der Waals surface area contributed by atoms with Crippen molar-refractivity contribution in [1.82, 2.24) is 0 Å². The van der Waals surface area contributed by atoms with Crippen LogP contribution in [0.2, 0.25) is 0 Å². The highest BCUT2D eigenvalue weighted by Crippen LogP contribution is 2.34. The first kappa shape index (κ1) is 16.1. The Hall–Kier alpha value is -2.31. The van der Waals surface area contributed by atoms with Crippen LogP contribution >= 0.6 is 0 Å². The predicted molar refractivity (Wildman–Crippen MR) is 70.1 cm³/mol. The SMILES string of the molecule is COc1cc(-c2ccc(OC(F)(F)F)cc2)ccc1C(F)F. The van der Waals surface area contributed by atoms with Crippen molar-refractivity contribution in [3.8, 4) is 22.6 Å². The molecule has 0 spiro atoms. The third kappa shape index (κ3) is 3.87. The number of hydrogen-bond acceptors (Lipinski definition) is 2. The van der Waals surface area contributed by atoms with E-state index in [0.717, 1.165) is 12.1 Å². The number of rotatable bonds is 4. The topological polar surface area (TPSA) is 18.5 Å². The normalized spacial score (nSPS) is 11.6. The molecule has 2 rings (SSSR count). The van der Waals surface area contributed by atoms with Crippen LogP contribution in [0.5, 0.6) is 11.5 Å². The summed E-state index contributed by atoms with van der Waals surface area (Å²) < 4.78 is 70.4. The average molecular weight is 318 g/mol. The van der Waals surface area contributed by atoms with E-state index in [1.54, 1.807) is 0 Å². The van der Waals surface area contributed by atoms with E-state index in [1.165, 1.54) is 37.4 Å². The largest absolute Gasteiger partial charge is 0.573 e. The number of halogens is 5. The van der Waals surface area contributed by atoms with Gasteiger partial charge in [-0.3, -0.25) is 0 Å². The molecule has 0 saturated carbocycles. The van der Waals surface area contributed by atoms with Crippen LogP contribution in [0.4, 0.5) is 22.0 Å². The van der Waals surface area contributed by atoms with Crippen LogP contribution in [0.15, 0.2) is 42.5 Å². The van der Waals surface area contributed by atoms with Crippen molar-refractivity contribution in [2.75, 3.05) is 7.11 Å². The smallest absolute Gasteiger partial charge is 0.496 e. The van der Waals surface area contributed by atoms with Gasteiger partial charge in [0.05, 0.1) is 12.7 Å². The first-order valence-electron chi connectivity index (χ1n) is 6.12. The van der Waals surface area contributed by atoms with E-state index >= 15 is 0 Å². The van der Waals surface area contributed by atoms with E-state index in [1.807, 2.05) is 0 Å². The molecule has 0 N–H and O–H groups in total. The van der Waals surface area contributed by atoms with Crippen molar-refractivity contribution < 1.29 is 31.4 Å². The fourth-order valence-corrected chi connectivity index (χ4v) is 1.92. The van der Waals surface area contributed by atoms with E-state index in [0.29, 0.717) is 11.1 Å². The molecule has 0 fully saturated rings. The molecule has 0 unspecified atom stereocenters. The van der Waals surface area contributed by atoms with Crippen molar-refractivity contribution in [2.45, 2.75) is 12.8 Å².